The summed E-state index contributed by atoms with van der Waals surface area (Å²) >= 11 is 0. The predicted molar refractivity (Wildman–Crippen MR) is 76.9 cm³/mol. The second-order valence-electron chi connectivity index (χ2n) is 6.32. The lowest BCUT2D eigenvalue weighted by atomic mass is 9.75. The second kappa shape index (κ2) is 5.44. The van der Waals surface area contributed by atoms with Gasteiger partial charge in [-0.3, -0.25) is 0 Å². The summed E-state index contributed by atoms with van der Waals surface area (Å²) in [7, 11) is 0. The lowest BCUT2D eigenvalue weighted by molar-refractivity contribution is 0.254. The summed E-state index contributed by atoms with van der Waals surface area (Å²) in [6.45, 7) is 3.44. The maximum absolute atomic E-state index is 3.73. The maximum Gasteiger partial charge on any atom is 0.00787 e. The molecule has 1 N–H and O–H groups in total. The smallest absolute Gasteiger partial charge is 0.00787 e. The van der Waals surface area contributed by atoms with E-state index in [4.69, 9.17) is 0 Å². The first-order valence-electron chi connectivity index (χ1n) is 7.61. The van der Waals surface area contributed by atoms with Gasteiger partial charge < -0.3 is 5.32 Å². The van der Waals surface area contributed by atoms with E-state index in [-0.39, 0.29) is 0 Å². The van der Waals surface area contributed by atoms with Gasteiger partial charge in [0.1, 0.15) is 0 Å². The normalized spacial score (nSPS) is 27.6. The van der Waals surface area contributed by atoms with E-state index in [9.17, 15) is 0 Å². The molecule has 0 amide bonds. The van der Waals surface area contributed by atoms with Crippen molar-refractivity contribution in [2.75, 3.05) is 6.54 Å². The highest BCUT2D eigenvalue weighted by Crippen LogP contribution is 2.37. The minimum absolute atomic E-state index is 0.788. The molecule has 18 heavy (non-hydrogen) atoms. The first kappa shape index (κ1) is 12.2. The van der Waals surface area contributed by atoms with Crippen LogP contribution in [0.1, 0.15) is 55.6 Å². The van der Waals surface area contributed by atoms with Crippen molar-refractivity contribution in [1.29, 1.82) is 0 Å². The predicted octanol–water partition coefficient (Wildman–Crippen LogP) is 4.02. The van der Waals surface area contributed by atoms with Crippen LogP contribution in [0.2, 0.25) is 0 Å². The molecular weight excluding hydrogens is 218 g/mol. The molecule has 0 spiro atoms. The number of benzene rings is 1. The van der Waals surface area contributed by atoms with E-state index < -0.39 is 0 Å². The Bertz CT molecular complexity index is 388. The standard InChI is InChI=1S/C17H25N/c1-13-4-2-7-15(10-13)16-11-17(12-16)18-9-8-14-5-3-6-14/h2,4,7,10,14,16-18H,3,5-6,8-9,11-12H2,1H3. The van der Waals surface area contributed by atoms with Crippen molar-refractivity contribution in [1.82, 2.24) is 5.32 Å². The van der Waals surface area contributed by atoms with Crippen molar-refractivity contribution in [3.8, 4) is 0 Å². The summed E-state index contributed by atoms with van der Waals surface area (Å²) in [5, 5.41) is 3.73. The fourth-order valence-electron chi connectivity index (χ4n) is 3.25. The molecule has 2 fully saturated rings. The zero-order valence-electron chi connectivity index (χ0n) is 11.5. The van der Waals surface area contributed by atoms with E-state index in [0.717, 1.165) is 17.9 Å². The Kier molecular flexibility index (Phi) is 3.69. The molecule has 1 nitrogen and oxygen atoms in total. The van der Waals surface area contributed by atoms with Crippen molar-refractivity contribution in [2.45, 2.75) is 57.4 Å². The fraction of sp³-hybridized carbons (Fsp3) is 0.647. The monoisotopic (exact) mass is 243 g/mol. The van der Waals surface area contributed by atoms with Crippen LogP contribution in [0.4, 0.5) is 0 Å². The molecule has 0 heterocycles. The first-order valence-corrected chi connectivity index (χ1v) is 7.61. The molecule has 2 saturated carbocycles. The highest BCUT2D eigenvalue weighted by Gasteiger charge is 2.30. The molecule has 2 aliphatic carbocycles. The minimum Gasteiger partial charge on any atom is -0.314 e. The quantitative estimate of drug-likeness (QED) is 0.823. The van der Waals surface area contributed by atoms with E-state index in [2.05, 4.69) is 36.5 Å². The molecule has 2 aliphatic rings. The molecule has 3 rings (SSSR count). The number of hydrogen-bond acceptors (Lipinski definition) is 1. The van der Waals surface area contributed by atoms with Gasteiger partial charge in [0.2, 0.25) is 0 Å². The van der Waals surface area contributed by atoms with Gasteiger partial charge >= 0.3 is 0 Å². The molecule has 0 unspecified atom stereocenters. The Labute approximate surface area is 111 Å². The first-order chi connectivity index (χ1) is 8.81. The third-order valence-corrected chi connectivity index (χ3v) is 4.86. The number of aryl methyl sites for hydroxylation is 1. The zero-order chi connectivity index (χ0) is 12.4. The Balaban J connectivity index is 1.37. The van der Waals surface area contributed by atoms with E-state index >= 15 is 0 Å². The molecule has 0 saturated heterocycles. The van der Waals surface area contributed by atoms with Crippen LogP contribution in [0.25, 0.3) is 0 Å². The molecular formula is C17H25N. The average molecular weight is 243 g/mol. The third-order valence-electron chi connectivity index (χ3n) is 4.86. The van der Waals surface area contributed by atoms with Crippen LogP contribution in [0.15, 0.2) is 24.3 Å². The van der Waals surface area contributed by atoms with Crippen LogP contribution in [-0.4, -0.2) is 12.6 Å². The topological polar surface area (TPSA) is 12.0 Å². The minimum atomic E-state index is 0.788. The Morgan fingerprint density at radius 1 is 1.22 bits per heavy atom. The molecule has 1 aromatic rings. The lowest BCUT2D eigenvalue weighted by Gasteiger charge is -2.37. The summed E-state index contributed by atoms with van der Waals surface area (Å²) < 4.78 is 0. The van der Waals surface area contributed by atoms with Gasteiger partial charge in [-0.25, -0.2) is 0 Å². The highest BCUT2D eigenvalue weighted by atomic mass is 14.9. The van der Waals surface area contributed by atoms with E-state index in [1.165, 1.54) is 50.6 Å². The Morgan fingerprint density at radius 3 is 2.72 bits per heavy atom. The molecule has 98 valence electrons. The van der Waals surface area contributed by atoms with Crippen LogP contribution in [0, 0.1) is 12.8 Å². The summed E-state index contributed by atoms with van der Waals surface area (Å²) in [5.74, 6) is 1.86. The van der Waals surface area contributed by atoms with Crippen LogP contribution in [0.3, 0.4) is 0 Å². The lowest BCUT2D eigenvalue weighted by Crippen LogP contribution is -2.41. The molecule has 0 atom stereocenters. The van der Waals surface area contributed by atoms with Gasteiger partial charge in [0.15, 0.2) is 0 Å². The average Bonchev–Trinajstić information content (AvgIpc) is 2.23. The van der Waals surface area contributed by atoms with Gasteiger partial charge in [-0.2, -0.15) is 0 Å². The van der Waals surface area contributed by atoms with E-state index in [1.807, 2.05) is 0 Å². The van der Waals surface area contributed by atoms with Gasteiger partial charge in [0.05, 0.1) is 0 Å². The Morgan fingerprint density at radius 2 is 2.06 bits per heavy atom. The molecule has 0 aliphatic heterocycles. The Hall–Kier alpha value is -0.820. The zero-order valence-corrected chi connectivity index (χ0v) is 11.5. The largest absolute Gasteiger partial charge is 0.314 e. The SMILES string of the molecule is Cc1cccc(C2CC(NCCC3CCC3)C2)c1. The number of rotatable bonds is 5. The highest BCUT2D eigenvalue weighted by molar-refractivity contribution is 5.27. The van der Waals surface area contributed by atoms with Crippen LogP contribution in [0.5, 0.6) is 0 Å². The summed E-state index contributed by atoms with van der Waals surface area (Å²) in [6.07, 6.45) is 8.54. The second-order valence-corrected chi connectivity index (χ2v) is 6.32. The van der Waals surface area contributed by atoms with Gasteiger partial charge in [0.25, 0.3) is 0 Å². The van der Waals surface area contributed by atoms with Gasteiger partial charge in [-0.05, 0) is 50.1 Å². The van der Waals surface area contributed by atoms with Crippen molar-refractivity contribution in [3.05, 3.63) is 35.4 Å². The third kappa shape index (κ3) is 2.77. The van der Waals surface area contributed by atoms with Crippen molar-refractivity contribution < 1.29 is 0 Å². The van der Waals surface area contributed by atoms with Crippen LogP contribution < -0.4 is 5.32 Å². The van der Waals surface area contributed by atoms with E-state index in [0.29, 0.717) is 0 Å². The van der Waals surface area contributed by atoms with Gasteiger partial charge in [0, 0.05) is 6.04 Å². The van der Waals surface area contributed by atoms with Crippen molar-refractivity contribution >= 4 is 0 Å². The number of hydrogen-bond donors (Lipinski definition) is 1. The molecule has 0 radical (unpaired) electrons. The van der Waals surface area contributed by atoms with E-state index in [1.54, 1.807) is 5.56 Å². The van der Waals surface area contributed by atoms with Crippen molar-refractivity contribution in [2.24, 2.45) is 5.92 Å². The molecule has 1 heteroatoms. The summed E-state index contributed by atoms with van der Waals surface area (Å²) in [6, 6.07) is 9.83. The summed E-state index contributed by atoms with van der Waals surface area (Å²) in [5.41, 5.74) is 2.95. The van der Waals surface area contributed by atoms with Gasteiger partial charge in [-0.1, -0.05) is 49.1 Å². The number of nitrogens with one attached hydrogen (secondary N) is 1. The van der Waals surface area contributed by atoms with Crippen molar-refractivity contribution in [3.63, 3.8) is 0 Å². The molecule has 0 bridgehead atoms. The summed E-state index contributed by atoms with van der Waals surface area (Å²) in [4.78, 5) is 0. The molecule has 0 aromatic heterocycles. The fourth-order valence-corrected chi connectivity index (χ4v) is 3.25. The van der Waals surface area contributed by atoms with Crippen LogP contribution >= 0.6 is 0 Å². The van der Waals surface area contributed by atoms with Gasteiger partial charge in [-0.15, -0.1) is 0 Å². The molecule has 1 aromatic carbocycles. The maximum atomic E-state index is 3.73. The van der Waals surface area contributed by atoms with Crippen LogP contribution in [-0.2, 0) is 0 Å².